The smallest absolute Gasteiger partial charge is 0.241 e. The largest absolute Gasteiger partial charge is 0.371 e. The van der Waals surface area contributed by atoms with Crippen LogP contribution in [0.15, 0.2) is 24.3 Å². The molecule has 0 atom stereocenters. The molecule has 2 N–H and O–H groups in total. The first-order valence-corrected chi connectivity index (χ1v) is 6.19. The first-order valence-electron chi connectivity index (χ1n) is 6.19. The van der Waals surface area contributed by atoms with E-state index in [1.165, 1.54) is 24.6 Å². The van der Waals surface area contributed by atoms with Crippen LogP contribution in [0.2, 0.25) is 0 Å². The van der Waals surface area contributed by atoms with Gasteiger partial charge in [0.25, 0.3) is 0 Å². The Kier molecular flexibility index (Phi) is 3.97. The molecule has 0 aromatic heterocycles. The van der Waals surface area contributed by atoms with Gasteiger partial charge in [0.15, 0.2) is 0 Å². The normalized spacial score (nSPS) is 16.2. The Labute approximate surface area is 106 Å². The van der Waals surface area contributed by atoms with Crippen molar-refractivity contribution in [1.29, 1.82) is 0 Å². The summed E-state index contributed by atoms with van der Waals surface area (Å²) >= 11 is 0. The third-order valence-electron chi connectivity index (χ3n) is 3.13. The number of benzene rings is 1. The molecule has 2 rings (SSSR count). The van der Waals surface area contributed by atoms with Crippen LogP contribution in [0.4, 0.5) is 10.1 Å². The van der Waals surface area contributed by atoms with E-state index in [1.807, 2.05) is 6.07 Å². The summed E-state index contributed by atoms with van der Waals surface area (Å²) in [5.74, 6) is -0.898. The molecule has 3 nitrogen and oxygen atoms in total. The average molecular weight is 248 g/mol. The number of carbonyl (C=O) groups excluding carboxylic acids is 1. The van der Waals surface area contributed by atoms with E-state index in [1.54, 1.807) is 6.07 Å². The van der Waals surface area contributed by atoms with Crippen molar-refractivity contribution in [2.45, 2.75) is 19.3 Å². The summed E-state index contributed by atoms with van der Waals surface area (Å²) in [5, 5.41) is 0. The molecule has 1 aromatic rings. The highest BCUT2D eigenvalue weighted by Crippen LogP contribution is 2.22. The lowest BCUT2D eigenvalue weighted by Gasteiger charge is -2.28. The Morgan fingerprint density at radius 1 is 1.28 bits per heavy atom. The number of hydrogen-bond acceptors (Lipinski definition) is 2. The number of primary amides is 1. The summed E-state index contributed by atoms with van der Waals surface area (Å²) in [6, 6.07) is 5.08. The highest BCUT2D eigenvalue weighted by molar-refractivity contribution is 5.90. The van der Waals surface area contributed by atoms with Crippen LogP contribution < -0.4 is 10.6 Å². The fourth-order valence-corrected chi connectivity index (χ4v) is 2.17. The second-order valence-electron chi connectivity index (χ2n) is 4.49. The van der Waals surface area contributed by atoms with Gasteiger partial charge in [0.05, 0.1) is 0 Å². The molecule has 1 aliphatic rings. The number of carbonyl (C=O) groups is 1. The Bertz CT molecular complexity index is 465. The fourth-order valence-electron chi connectivity index (χ4n) is 2.17. The summed E-state index contributed by atoms with van der Waals surface area (Å²) < 4.78 is 13.8. The Balaban J connectivity index is 2.16. The van der Waals surface area contributed by atoms with Gasteiger partial charge in [-0.15, -0.1) is 0 Å². The maximum atomic E-state index is 13.8. The van der Waals surface area contributed by atoms with Crippen molar-refractivity contribution in [2.75, 3.05) is 18.0 Å². The van der Waals surface area contributed by atoms with Gasteiger partial charge in [-0.1, -0.05) is 0 Å². The molecule has 1 aromatic carbocycles. The van der Waals surface area contributed by atoms with Crippen LogP contribution in [-0.4, -0.2) is 19.0 Å². The van der Waals surface area contributed by atoms with Crippen LogP contribution in [0.1, 0.15) is 24.8 Å². The highest BCUT2D eigenvalue weighted by atomic mass is 19.1. The van der Waals surface area contributed by atoms with E-state index >= 15 is 0 Å². The van der Waals surface area contributed by atoms with E-state index in [0.29, 0.717) is 5.56 Å². The van der Waals surface area contributed by atoms with Crippen molar-refractivity contribution in [3.05, 3.63) is 35.7 Å². The van der Waals surface area contributed by atoms with Crippen LogP contribution in [0, 0.1) is 5.82 Å². The lowest BCUT2D eigenvalue weighted by atomic mass is 10.1. The minimum atomic E-state index is -0.575. The third-order valence-corrected chi connectivity index (χ3v) is 3.13. The molecule has 1 amide bonds. The predicted octanol–water partition coefficient (Wildman–Crippen LogP) is 2.31. The number of halogens is 1. The lowest BCUT2D eigenvalue weighted by Crippen LogP contribution is -2.29. The molecule has 96 valence electrons. The molecule has 1 aliphatic heterocycles. The van der Waals surface area contributed by atoms with Gasteiger partial charge in [0.2, 0.25) is 5.91 Å². The number of hydrogen-bond donors (Lipinski definition) is 1. The number of rotatable bonds is 3. The molecule has 1 saturated heterocycles. The van der Waals surface area contributed by atoms with Gasteiger partial charge in [-0.2, -0.15) is 0 Å². The van der Waals surface area contributed by atoms with E-state index in [2.05, 4.69) is 4.90 Å². The molecular formula is C14H17FN2O. The van der Waals surface area contributed by atoms with E-state index in [9.17, 15) is 9.18 Å². The van der Waals surface area contributed by atoms with Gasteiger partial charge in [0.1, 0.15) is 5.82 Å². The summed E-state index contributed by atoms with van der Waals surface area (Å²) in [6.45, 7) is 1.96. The first-order chi connectivity index (χ1) is 8.66. The topological polar surface area (TPSA) is 46.3 Å². The molecule has 0 aliphatic carbocycles. The van der Waals surface area contributed by atoms with E-state index in [-0.39, 0.29) is 5.82 Å². The molecular weight excluding hydrogens is 231 g/mol. The molecule has 1 heterocycles. The summed E-state index contributed by atoms with van der Waals surface area (Å²) in [4.78, 5) is 12.8. The predicted molar refractivity (Wildman–Crippen MR) is 70.7 cm³/mol. The first kappa shape index (κ1) is 12.6. The standard InChI is InChI=1S/C14H17FN2O/c15-13-10-12(17-8-2-1-3-9-17)6-4-11(13)5-7-14(16)18/h4-7,10H,1-3,8-9H2,(H2,16,18)/b7-5+. The van der Waals surface area contributed by atoms with Crippen LogP contribution in [0.3, 0.4) is 0 Å². The highest BCUT2D eigenvalue weighted by Gasteiger charge is 2.12. The maximum absolute atomic E-state index is 13.8. The van der Waals surface area contributed by atoms with E-state index in [0.717, 1.165) is 31.6 Å². The van der Waals surface area contributed by atoms with Crippen LogP contribution in [-0.2, 0) is 4.79 Å². The molecule has 0 spiro atoms. The van der Waals surface area contributed by atoms with Crippen molar-refractivity contribution < 1.29 is 9.18 Å². The zero-order valence-corrected chi connectivity index (χ0v) is 10.2. The van der Waals surface area contributed by atoms with Crippen molar-refractivity contribution in [1.82, 2.24) is 0 Å². The second-order valence-corrected chi connectivity index (χ2v) is 4.49. The molecule has 1 fully saturated rings. The number of amides is 1. The zero-order chi connectivity index (χ0) is 13.0. The molecule has 4 heteroatoms. The van der Waals surface area contributed by atoms with Crippen molar-refractivity contribution in [3.8, 4) is 0 Å². The second kappa shape index (κ2) is 5.67. The number of piperidine rings is 1. The summed E-state index contributed by atoms with van der Waals surface area (Å²) in [5.41, 5.74) is 6.27. The van der Waals surface area contributed by atoms with Gasteiger partial charge in [-0.3, -0.25) is 4.79 Å². The quantitative estimate of drug-likeness (QED) is 0.834. The summed E-state index contributed by atoms with van der Waals surface area (Å²) in [7, 11) is 0. The van der Waals surface area contributed by atoms with E-state index < -0.39 is 5.91 Å². The molecule has 0 saturated carbocycles. The van der Waals surface area contributed by atoms with Gasteiger partial charge in [-0.05, 0) is 43.5 Å². The van der Waals surface area contributed by atoms with Crippen LogP contribution >= 0.6 is 0 Å². The van der Waals surface area contributed by atoms with Gasteiger partial charge < -0.3 is 10.6 Å². The Hall–Kier alpha value is -1.84. The molecule has 0 bridgehead atoms. The van der Waals surface area contributed by atoms with E-state index in [4.69, 9.17) is 5.73 Å². The van der Waals surface area contributed by atoms with Gasteiger partial charge in [0, 0.05) is 30.4 Å². The fraction of sp³-hybridized carbons (Fsp3) is 0.357. The number of nitrogens with two attached hydrogens (primary N) is 1. The van der Waals surface area contributed by atoms with Gasteiger partial charge >= 0.3 is 0 Å². The molecule has 0 radical (unpaired) electrons. The average Bonchev–Trinajstić information content (AvgIpc) is 2.38. The minimum absolute atomic E-state index is 0.324. The van der Waals surface area contributed by atoms with Crippen molar-refractivity contribution in [3.63, 3.8) is 0 Å². The maximum Gasteiger partial charge on any atom is 0.241 e. The SMILES string of the molecule is NC(=O)/C=C/c1ccc(N2CCCCC2)cc1F. The van der Waals surface area contributed by atoms with Crippen molar-refractivity contribution in [2.24, 2.45) is 5.73 Å². The van der Waals surface area contributed by atoms with Crippen LogP contribution in [0.25, 0.3) is 6.08 Å². The van der Waals surface area contributed by atoms with Gasteiger partial charge in [-0.25, -0.2) is 4.39 Å². The van der Waals surface area contributed by atoms with Crippen LogP contribution in [0.5, 0.6) is 0 Å². The Morgan fingerprint density at radius 3 is 2.61 bits per heavy atom. The van der Waals surface area contributed by atoms with Crippen molar-refractivity contribution >= 4 is 17.7 Å². The Morgan fingerprint density at radius 2 is 2.00 bits per heavy atom. The minimum Gasteiger partial charge on any atom is -0.371 e. The number of anilines is 1. The summed E-state index contributed by atoms with van der Waals surface area (Å²) in [6.07, 6.45) is 6.13. The molecule has 18 heavy (non-hydrogen) atoms. The number of nitrogens with zero attached hydrogens (tertiary/aromatic N) is 1. The monoisotopic (exact) mass is 248 g/mol. The molecule has 0 unspecified atom stereocenters. The third kappa shape index (κ3) is 3.09. The lowest BCUT2D eigenvalue weighted by molar-refractivity contribution is -0.113. The zero-order valence-electron chi connectivity index (χ0n) is 10.2.